The Morgan fingerprint density at radius 1 is 0.667 bits per heavy atom. The largest absolute Gasteiger partial charge is 0.353 e. The van der Waals surface area contributed by atoms with Crippen LogP contribution in [0.5, 0.6) is 0 Å². The van der Waals surface area contributed by atoms with E-state index < -0.39 is 0 Å². The zero-order valence-corrected chi connectivity index (χ0v) is 19.2. The molecule has 4 heteroatoms. The molecule has 0 aliphatic heterocycles. The maximum atomic E-state index is 13.6. The van der Waals surface area contributed by atoms with Crippen molar-refractivity contribution in [1.29, 1.82) is 0 Å². The Balaban J connectivity index is 1.30. The van der Waals surface area contributed by atoms with Gasteiger partial charge in [0.15, 0.2) is 0 Å². The van der Waals surface area contributed by atoms with Gasteiger partial charge < -0.3 is 10.6 Å². The number of amides is 2. The van der Waals surface area contributed by atoms with Crippen LogP contribution in [0.4, 0.5) is 0 Å². The Hall–Kier alpha value is -1.06. The molecule has 0 aromatic heterocycles. The van der Waals surface area contributed by atoms with Gasteiger partial charge in [0.25, 0.3) is 0 Å². The third-order valence-electron chi connectivity index (χ3n) is 9.57. The highest BCUT2D eigenvalue weighted by Crippen LogP contribution is 2.65. The lowest BCUT2D eigenvalue weighted by molar-refractivity contribution is -0.168. The van der Waals surface area contributed by atoms with Crippen LogP contribution in [0.1, 0.15) is 104 Å². The Morgan fingerprint density at radius 2 is 1.10 bits per heavy atom. The minimum absolute atomic E-state index is 0.276. The van der Waals surface area contributed by atoms with Crippen LogP contribution in [0.3, 0.4) is 0 Å². The molecule has 168 valence electrons. The van der Waals surface area contributed by atoms with Gasteiger partial charge in [0.2, 0.25) is 11.8 Å². The van der Waals surface area contributed by atoms with E-state index in [-0.39, 0.29) is 10.8 Å². The number of carbonyl (C=O) groups excluding carboxylic acids is 2. The normalized spacial score (nSPS) is 47.7. The van der Waals surface area contributed by atoms with Gasteiger partial charge >= 0.3 is 0 Å². The van der Waals surface area contributed by atoms with Gasteiger partial charge in [-0.15, -0.1) is 0 Å². The molecule has 6 saturated carbocycles. The Morgan fingerprint density at radius 3 is 1.50 bits per heavy atom. The van der Waals surface area contributed by atoms with Crippen molar-refractivity contribution in [3.8, 4) is 0 Å². The lowest BCUT2D eigenvalue weighted by atomic mass is 9.43. The van der Waals surface area contributed by atoms with E-state index in [9.17, 15) is 9.59 Å². The minimum atomic E-state index is -0.276. The van der Waals surface area contributed by atoms with E-state index in [4.69, 9.17) is 0 Å². The van der Waals surface area contributed by atoms with Crippen molar-refractivity contribution >= 4 is 11.8 Å². The van der Waals surface area contributed by atoms with Gasteiger partial charge in [-0.2, -0.15) is 0 Å². The standard InChI is InChI=1S/C26H42N2O2/c1-17-5-3-7-21(9-17)27-23(29)25-12-19-11-20(13-25)15-26(14-19,16-25)24(30)28-22-8-4-6-18(2)10-22/h17-22H,3-16H2,1-2H3,(H,27,29)(H,28,30). The molecule has 6 aliphatic rings. The van der Waals surface area contributed by atoms with E-state index in [2.05, 4.69) is 24.5 Å². The molecule has 4 unspecified atom stereocenters. The maximum absolute atomic E-state index is 13.6. The first-order valence-corrected chi connectivity index (χ1v) is 13.0. The third kappa shape index (κ3) is 3.81. The molecule has 2 N–H and O–H groups in total. The molecule has 0 aromatic rings. The number of nitrogens with one attached hydrogen (secondary N) is 2. The summed E-state index contributed by atoms with van der Waals surface area (Å²) in [7, 11) is 0. The predicted octanol–water partition coefficient (Wildman–Crippen LogP) is 4.96. The number of rotatable bonds is 4. The second kappa shape index (κ2) is 7.81. The Labute approximate surface area is 182 Å². The van der Waals surface area contributed by atoms with Crippen molar-refractivity contribution in [2.24, 2.45) is 34.5 Å². The zero-order valence-electron chi connectivity index (χ0n) is 19.2. The number of carbonyl (C=O) groups is 2. The molecule has 0 aromatic carbocycles. The van der Waals surface area contributed by atoms with Crippen LogP contribution in [-0.4, -0.2) is 23.9 Å². The van der Waals surface area contributed by atoms with Crippen molar-refractivity contribution in [3.05, 3.63) is 0 Å². The summed E-state index contributed by atoms with van der Waals surface area (Å²) < 4.78 is 0. The average molecular weight is 415 g/mol. The van der Waals surface area contributed by atoms with Crippen molar-refractivity contribution in [3.63, 3.8) is 0 Å². The van der Waals surface area contributed by atoms with E-state index in [0.717, 1.165) is 69.6 Å². The molecule has 0 heterocycles. The van der Waals surface area contributed by atoms with Gasteiger partial charge in [-0.3, -0.25) is 9.59 Å². The molecule has 6 aliphatic carbocycles. The van der Waals surface area contributed by atoms with Gasteiger partial charge in [-0.1, -0.05) is 39.5 Å². The fourth-order valence-electron chi connectivity index (χ4n) is 8.60. The highest BCUT2D eigenvalue weighted by atomic mass is 16.2. The quantitative estimate of drug-likeness (QED) is 0.683. The van der Waals surface area contributed by atoms with Crippen LogP contribution < -0.4 is 10.6 Å². The summed E-state index contributed by atoms with van der Waals surface area (Å²) >= 11 is 0. The molecule has 6 rings (SSSR count). The van der Waals surface area contributed by atoms with Gasteiger partial charge in [0.05, 0.1) is 10.8 Å². The zero-order chi connectivity index (χ0) is 20.9. The average Bonchev–Trinajstić information content (AvgIpc) is 2.67. The highest BCUT2D eigenvalue weighted by Gasteiger charge is 2.63. The molecule has 0 spiro atoms. The van der Waals surface area contributed by atoms with E-state index >= 15 is 0 Å². The summed E-state index contributed by atoms with van der Waals surface area (Å²) in [4.78, 5) is 27.3. The van der Waals surface area contributed by atoms with Gasteiger partial charge in [0.1, 0.15) is 0 Å². The molecular formula is C26H42N2O2. The van der Waals surface area contributed by atoms with Gasteiger partial charge in [-0.25, -0.2) is 0 Å². The topological polar surface area (TPSA) is 58.2 Å². The summed E-state index contributed by atoms with van der Waals surface area (Å²) in [6, 6.07) is 0.700. The lowest BCUT2D eigenvalue weighted by Crippen LogP contribution is -2.62. The molecule has 30 heavy (non-hydrogen) atoms. The van der Waals surface area contributed by atoms with Crippen LogP contribution in [0, 0.1) is 34.5 Å². The highest BCUT2D eigenvalue weighted by molar-refractivity contribution is 5.88. The molecule has 4 atom stereocenters. The summed E-state index contributed by atoms with van der Waals surface area (Å²) in [5.41, 5.74) is -0.552. The second-order valence-electron chi connectivity index (χ2n) is 12.4. The van der Waals surface area contributed by atoms with Crippen LogP contribution in [0.2, 0.25) is 0 Å². The minimum Gasteiger partial charge on any atom is -0.353 e. The van der Waals surface area contributed by atoms with Gasteiger partial charge in [-0.05, 0) is 87.9 Å². The van der Waals surface area contributed by atoms with E-state index in [1.807, 2.05) is 0 Å². The van der Waals surface area contributed by atoms with Crippen molar-refractivity contribution < 1.29 is 9.59 Å². The smallest absolute Gasteiger partial charge is 0.226 e. The van der Waals surface area contributed by atoms with Crippen molar-refractivity contribution in [2.75, 3.05) is 0 Å². The SMILES string of the molecule is CC1CCCC(NC(=O)C23CC4CC(C2)CC(C(=O)NC2CCCC(C)C2)(C4)C3)C1. The first kappa shape index (κ1) is 20.8. The fraction of sp³-hybridized carbons (Fsp3) is 0.923. The molecule has 0 saturated heterocycles. The summed E-state index contributed by atoms with van der Waals surface area (Å²) in [5, 5.41) is 6.96. The van der Waals surface area contributed by atoms with E-state index in [0.29, 0.717) is 35.7 Å². The van der Waals surface area contributed by atoms with Crippen molar-refractivity contribution in [1.82, 2.24) is 10.6 Å². The summed E-state index contributed by atoms with van der Waals surface area (Å²) in [6.45, 7) is 4.63. The molecular weight excluding hydrogens is 372 g/mol. The number of hydrogen-bond acceptors (Lipinski definition) is 2. The molecule has 6 fully saturated rings. The third-order valence-corrected chi connectivity index (χ3v) is 9.57. The van der Waals surface area contributed by atoms with Crippen LogP contribution >= 0.6 is 0 Å². The first-order valence-electron chi connectivity index (χ1n) is 13.0. The summed E-state index contributed by atoms with van der Waals surface area (Å²) in [6.07, 6.45) is 15.7. The molecule has 0 radical (unpaired) electrons. The van der Waals surface area contributed by atoms with Crippen LogP contribution in [-0.2, 0) is 9.59 Å². The Bertz CT molecular complexity index is 621. The maximum Gasteiger partial charge on any atom is 0.226 e. The first-order chi connectivity index (χ1) is 14.4. The summed E-state index contributed by atoms with van der Waals surface area (Å²) in [5.74, 6) is 3.15. The fourth-order valence-corrected chi connectivity index (χ4v) is 8.60. The molecule has 4 bridgehead atoms. The second-order valence-corrected chi connectivity index (χ2v) is 12.4. The molecule has 4 nitrogen and oxygen atoms in total. The van der Waals surface area contributed by atoms with Gasteiger partial charge in [0, 0.05) is 12.1 Å². The predicted molar refractivity (Wildman–Crippen MR) is 119 cm³/mol. The van der Waals surface area contributed by atoms with Crippen LogP contribution in [0.15, 0.2) is 0 Å². The van der Waals surface area contributed by atoms with E-state index in [1.165, 1.54) is 32.1 Å². The van der Waals surface area contributed by atoms with E-state index in [1.54, 1.807) is 0 Å². The number of hydrogen-bond donors (Lipinski definition) is 2. The van der Waals surface area contributed by atoms with Crippen molar-refractivity contribution in [2.45, 2.75) is 116 Å². The monoisotopic (exact) mass is 414 g/mol. The Kier molecular flexibility index (Phi) is 5.42. The molecule has 2 amide bonds. The van der Waals surface area contributed by atoms with Crippen LogP contribution in [0.25, 0.3) is 0 Å². The lowest BCUT2D eigenvalue weighted by Gasteiger charge is -2.60.